The fourth-order valence-corrected chi connectivity index (χ4v) is 3.14. The maximum Gasteiger partial charge on any atom is 0.387 e. The molecule has 1 N–H and O–H groups in total. The molecule has 0 atom stereocenters. The van der Waals surface area contributed by atoms with Crippen LogP contribution in [0.5, 0.6) is 11.5 Å². The van der Waals surface area contributed by atoms with Crippen LogP contribution in [0, 0.1) is 5.82 Å². The zero-order valence-electron chi connectivity index (χ0n) is 18.1. The zero-order chi connectivity index (χ0) is 24.8. The Balaban J connectivity index is 1.88. The molecule has 12 heteroatoms. The number of carbonyl (C=O) groups is 3. The van der Waals surface area contributed by atoms with Crippen LogP contribution in [0.25, 0.3) is 0 Å². The molecule has 0 unspecified atom stereocenters. The minimum atomic E-state index is -3.19. The fraction of sp³-hybridized carbons (Fsp3) is 0.273. The number of hydrogen-bond acceptors (Lipinski definition) is 7. The SMILES string of the molecule is COC(=O)c1cc(OC)c(OC(F)F)cc1NC(=O)C1=NN(Cc2ccc(F)cc2)C(=O)CC1. The van der Waals surface area contributed by atoms with Crippen LogP contribution in [0.1, 0.15) is 28.8 Å². The smallest absolute Gasteiger partial charge is 0.387 e. The van der Waals surface area contributed by atoms with Gasteiger partial charge in [0.2, 0.25) is 5.91 Å². The molecule has 1 aliphatic rings. The third-order valence-electron chi connectivity index (χ3n) is 4.79. The summed E-state index contributed by atoms with van der Waals surface area (Å²) in [5.74, 6) is -3.00. The standard InChI is InChI=1S/C22H20F3N3O6/c1-32-17-9-14(21(31)33-2)16(10-18(17)34-22(24)25)26-20(30)15-7-8-19(29)28(27-15)11-12-3-5-13(23)6-4-12/h3-6,9-10,22H,7-8,11H2,1-2H3,(H,26,30). The van der Waals surface area contributed by atoms with Crippen molar-refractivity contribution in [3.8, 4) is 11.5 Å². The van der Waals surface area contributed by atoms with Crippen molar-refractivity contribution in [2.24, 2.45) is 5.10 Å². The predicted octanol–water partition coefficient (Wildman–Crippen LogP) is 3.34. The number of amides is 2. The van der Waals surface area contributed by atoms with Crippen molar-refractivity contribution >= 4 is 29.2 Å². The first kappa shape index (κ1) is 24.6. The van der Waals surface area contributed by atoms with Gasteiger partial charge in [-0.2, -0.15) is 13.9 Å². The van der Waals surface area contributed by atoms with E-state index in [-0.39, 0.29) is 48.0 Å². The average molecular weight is 479 g/mol. The van der Waals surface area contributed by atoms with E-state index in [2.05, 4.69) is 19.9 Å². The Morgan fingerprint density at radius 2 is 1.82 bits per heavy atom. The van der Waals surface area contributed by atoms with Gasteiger partial charge in [0, 0.05) is 25.0 Å². The van der Waals surface area contributed by atoms with Gasteiger partial charge >= 0.3 is 12.6 Å². The molecule has 3 rings (SSSR count). The Kier molecular flexibility index (Phi) is 7.71. The molecule has 1 aliphatic heterocycles. The number of ether oxygens (including phenoxy) is 3. The van der Waals surface area contributed by atoms with Crippen molar-refractivity contribution in [2.45, 2.75) is 26.0 Å². The van der Waals surface area contributed by atoms with E-state index < -0.39 is 30.1 Å². The van der Waals surface area contributed by atoms with Gasteiger partial charge in [-0.1, -0.05) is 12.1 Å². The van der Waals surface area contributed by atoms with Gasteiger partial charge < -0.3 is 19.5 Å². The quantitative estimate of drug-likeness (QED) is 0.582. The number of nitrogens with one attached hydrogen (secondary N) is 1. The van der Waals surface area contributed by atoms with Crippen LogP contribution in [-0.4, -0.2) is 49.3 Å². The Morgan fingerprint density at radius 1 is 1.12 bits per heavy atom. The molecule has 0 radical (unpaired) electrons. The zero-order valence-corrected chi connectivity index (χ0v) is 18.1. The molecule has 1 heterocycles. The Morgan fingerprint density at radius 3 is 2.44 bits per heavy atom. The number of rotatable bonds is 8. The van der Waals surface area contributed by atoms with Gasteiger partial charge in [-0.3, -0.25) is 9.59 Å². The molecule has 34 heavy (non-hydrogen) atoms. The molecule has 9 nitrogen and oxygen atoms in total. The lowest BCUT2D eigenvalue weighted by molar-refractivity contribution is -0.132. The molecule has 2 amide bonds. The van der Waals surface area contributed by atoms with E-state index in [1.807, 2.05) is 0 Å². The molecule has 2 aromatic carbocycles. The molecule has 0 aromatic heterocycles. The Hall–Kier alpha value is -4.09. The second-order valence-corrected chi connectivity index (χ2v) is 7.00. The lowest BCUT2D eigenvalue weighted by Gasteiger charge is -2.23. The van der Waals surface area contributed by atoms with E-state index in [4.69, 9.17) is 4.74 Å². The first-order valence-electron chi connectivity index (χ1n) is 9.90. The van der Waals surface area contributed by atoms with Crippen LogP contribution in [0.15, 0.2) is 41.5 Å². The van der Waals surface area contributed by atoms with E-state index in [1.54, 1.807) is 0 Å². The minimum absolute atomic E-state index is 0.00862. The van der Waals surface area contributed by atoms with Gasteiger partial charge in [-0.05, 0) is 17.7 Å². The number of alkyl halides is 2. The van der Waals surface area contributed by atoms with Gasteiger partial charge in [-0.15, -0.1) is 0 Å². The molecule has 0 saturated carbocycles. The summed E-state index contributed by atoms with van der Waals surface area (Å²) in [7, 11) is 2.30. The highest BCUT2D eigenvalue weighted by atomic mass is 19.3. The van der Waals surface area contributed by atoms with Crippen LogP contribution in [-0.2, 0) is 20.9 Å². The lowest BCUT2D eigenvalue weighted by Crippen LogP contribution is -2.36. The molecule has 0 spiro atoms. The summed E-state index contributed by atoms with van der Waals surface area (Å²) in [4.78, 5) is 37.3. The number of methoxy groups -OCH3 is 2. The third kappa shape index (κ3) is 5.82. The van der Waals surface area contributed by atoms with Gasteiger partial charge in [-0.25, -0.2) is 14.2 Å². The number of hydrogen-bond donors (Lipinski definition) is 1. The maximum absolute atomic E-state index is 13.1. The lowest BCUT2D eigenvalue weighted by atomic mass is 10.1. The largest absolute Gasteiger partial charge is 0.493 e. The molecule has 0 aliphatic carbocycles. The van der Waals surface area contributed by atoms with Crippen molar-refractivity contribution in [3.05, 3.63) is 53.3 Å². The number of nitrogens with zero attached hydrogens (tertiary/aromatic N) is 2. The number of carbonyl (C=O) groups excluding carboxylic acids is 3. The van der Waals surface area contributed by atoms with Gasteiger partial charge in [0.1, 0.15) is 11.5 Å². The van der Waals surface area contributed by atoms with Crippen molar-refractivity contribution in [1.82, 2.24) is 5.01 Å². The molecular formula is C22H20F3N3O6. The Bertz CT molecular complexity index is 1120. The highest BCUT2D eigenvalue weighted by Gasteiger charge is 2.27. The van der Waals surface area contributed by atoms with Gasteiger partial charge in [0.25, 0.3) is 5.91 Å². The molecule has 0 saturated heterocycles. The molecular weight excluding hydrogens is 459 g/mol. The van der Waals surface area contributed by atoms with Crippen LogP contribution in [0.2, 0.25) is 0 Å². The van der Waals surface area contributed by atoms with Crippen LogP contribution in [0.4, 0.5) is 18.9 Å². The molecule has 0 bridgehead atoms. The summed E-state index contributed by atoms with van der Waals surface area (Å²) in [5.41, 5.74) is 0.199. The van der Waals surface area contributed by atoms with Crippen LogP contribution < -0.4 is 14.8 Å². The Labute approximate surface area is 192 Å². The second kappa shape index (κ2) is 10.7. The number of hydrazone groups is 1. The van der Waals surface area contributed by atoms with E-state index in [9.17, 15) is 27.6 Å². The number of esters is 1. The molecule has 2 aromatic rings. The van der Waals surface area contributed by atoms with E-state index in [0.29, 0.717) is 5.56 Å². The average Bonchev–Trinajstić information content (AvgIpc) is 2.81. The fourth-order valence-electron chi connectivity index (χ4n) is 3.14. The van der Waals surface area contributed by atoms with Gasteiger partial charge in [0.05, 0.1) is 32.0 Å². The normalized spacial score (nSPS) is 13.4. The topological polar surface area (TPSA) is 107 Å². The highest BCUT2D eigenvalue weighted by molar-refractivity contribution is 6.43. The van der Waals surface area contributed by atoms with Crippen LogP contribution >= 0.6 is 0 Å². The van der Waals surface area contributed by atoms with E-state index in [0.717, 1.165) is 24.3 Å². The van der Waals surface area contributed by atoms with E-state index in [1.165, 1.54) is 31.4 Å². The first-order valence-corrected chi connectivity index (χ1v) is 9.90. The number of halogens is 3. The monoisotopic (exact) mass is 479 g/mol. The summed E-state index contributed by atoms with van der Waals surface area (Å²) < 4.78 is 52.8. The second-order valence-electron chi connectivity index (χ2n) is 7.00. The van der Waals surface area contributed by atoms with E-state index >= 15 is 0 Å². The summed E-state index contributed by atoms with van der Waals surface area (Å²) in [5, 5.41) is 7.58. The summed E-state index contributed by atoms with van der Waals surface area (Å²) in [6.45, 7) is -3.17. The van der Waals surface area contributed by atoms with Crippen LogP contribution in [0.3, 0.4) is 0 Å². The van der Waals surface area contributed by atoms with Crippen molar-refractivity contribution in [3.63, 3.8) is 0 Å². The van der Waals surface area contributed by atoms with Gasteiger partial charge in [0.15, 0.2) is 11.5 Å². The number of benzene rings is 2. The van der Waals surface area contributed by atoms with Crippen molar-refractivity contribution in [1.29, 1.82) is 0 Å². The molecule has 0 fully saturated rings. The minimum Gasteiger partial charge on any atom is -0.493 e. The third-order valence-corrected chi connectivity index (χ3v) is 4.79. The highest BCUT2D eigenvalue weighted by Crippen LogP contribution is 2.35. The summed E-state index contributed by atoms with van der Waals surface area (Å²) in [6, 6.07) is 7.52. The maximum atomic E-state index is 13.1. The summed E-state index contributed by atoms with van der Waals surface area (Å²) >= 11 is 0. The predicted molar refractivity (Wildman–Crippen MR) is 113 cm³/mol. The molecule has 180 valence electrons. The first-order chi connectivity index (χ1) is 16.2. The van der Waals surface area contributed by atoms with Crippen molar-refractivity contribution in [2.75, 3.05) is 19.5 Å². The number of anilines is 1. The summed E-state index contributed by atoms with van der Waals surface area (Å²) in [6.07, 6.45) is -0.00560. The van der Waals surface area contributed by atoms with Crippen molar-refractivity contribution < 1.29 is 41.8 Å².